The van der Waals surface area contributed by atoms with Crippen LogP contribution in [0.3, 0.4) is 0 Å². The van der Waals surface area contributed by atoms with Gasteiger partial charge in [0.15, 0.2) is 0 Å². The molecule has 2 bridgehead atoms. The highest BCUT2D eigenvalue weighted by molar-refractivity contribution is 5.98. The van der Waals surface area contributed by atoms with Gasteiger partial charge in [-0.3, -0.25) is 14.9 Å². The molecule has 0 spiro atoms. The predicted octanol–water partition coefficient (Wildman–Crippen LogP) is 0.978. The number of nitrogens with two attached hydrogens (primary N) is 1. The third-order valence-corrected chi connectivity index (χ3v) is 4.43. The second-order valence-corrected chi connectivity index (χ2v) is 5.59. The van der Waals surface area contributed by atoms with Gasteiger partial charge >= 0.3 is 0 Å². The zero-order valence-corrected chi connectivity index (χ0v) is 11.7. The summed E-state index contributed by atoms with van der Waals surface area (Å²) < 4.78 is 0. The first-order chi connectivity index (χ1) is 10.1. The van der Waals surface area contributed by atoms with E-state index in [1.165, 1.54) is 6.07 Å². The minimum absolute atomic E-state index is 0.0170. The highest BCUT2D eigenvalue weighted by Crippen LogP contribution is 2.30. The molecule has 3 aliphatic heterocycles. The van der Waals surface area contributed by atoms with Crippen LogP contribution in [0.5, 0.6) is 0 Å². The molecule has 1 aromatic rings. The van der Waals surface area contributed by atoms with Gasteiger partial charge in [0.1, 0.15) is 5.56 Å². The third-order valence-electron chi connectivity index (χ3n) is 4.43. The molecule has 3 fully saturated rings. The molecule has 112 valence electrons. The number of amides is 1. The normalized spacial score (nSPS) is 24.7. The number of hydrogen-bond donors (Lipinski definition) is 1. The van der Waals surface area contributed by atoms with Gasteiger partial charge < -0.3 is 15.5 Å². The van der Waals surface area contributed by atoms with Crippen LogP contribution in [0.1, 0.15) is 23.2 Å². The molecular weight excluding hydrogens is 272 g/mol. The van der Waals surface area contributed by atoms with Gasteiger partial charge in [0.25, 0.3) is 11.6 Å². The summed E-state index contributed by atoms with van der Waals surface area (Å²) in [6.45, 7) is 4.05. The average molecular weight is 290 g/mol. The Balaban J connectivity index is 1.97. The van der Waals surface area contributed by atoms with E-state index in [2.05, 4.69) is 9.80 Å². The number of anilines is 1. The summed E-state index contributed by atoms with van der Waals surface area (Å²) in [6.07, 6.45) is 2.17. The number of benzene rings is 1. The monoisotopic (exact) mass is 290 g/mol. The Morgan fingerprint density at radius 2 is 1.95 bits per heavy atom. The SMILES string of the molecule is NC(=O)c1cc(N2CCN3CCC2CC3)ccc1[N+](=O)[O-]. The van der Waals surface area contributed by atoms with Crippen LogP contribution in [-0.4, -0.2) is 48.0 Å². The third kappa shape index (κ3) is 2.56. The zero-order chi connectivity index (χ0) is 15.0. The van der Waals surface area contributed by atoms with Gasteiger partial charge in [-0.05, 0) is 25.0 Å². The van der Waals surface area contributed by atoms with E-state index in [0.717, 1.165) is 44.7 Å². The zero-order valence-electron chi connectivity index (χ0n) is 11.7. The number of carbonyl (C=O) groups is 1. The lowest BCUT2D eigenvalue weighted by atomic mass is 10.0. The maximum Gasteiger partial charge on any atom is 0.282 e. The van der Waals surface area contributed by atoms with Crippen LogP contribution in [0, 0.1) is 10.1 Å². The molecule has 3 saturated heterocycles. The topological polar surface area (TPSA) is 92.7 Å². The van der Waals surface area contributed by atoms with Gasteiger partial charge in [0, 0.05) is 44.0 Å². The standard InChI is InChI=1S/C14H18N4O3/c15-14(19)12-9-11(1-2-13(12)18(20)21)17-8-7-16-5-3-10(17)4-6-16/h1-2,9-10H,3-8H2,(H2,15,19). The molecular formula is C14H18N4O3. The van der Waals surface area contributed by atoms with Crippen LogP contribution in [0.25, 0.3) is 0 Å². The van der Waals surface area contributed by atoms with Crippen molar-refractivity contribution >= 4 is 17.3 Å². The summed E-state index contributed by atoms with van der Waals surface area (Å²) in [5, 5.41) is 11.0. The molecule has 0 unspecified atom stereocenters. The fourth-order valence-corrected chi connectivity index (χ4v) is 3.29. The molecule has 0 radical (unpaired) electrons. The molecule has 3 heterocycles. The molecule has 1 aromatic carbocycles. The molecule has 21 heavy (non-hydrogen) atoms. The van der Waals surface area contributed by atoms with Gasteiger partial charge in [0.05, 0.1) is 4.92 Å². The van der Waals surface area contributed by atoms with E-state index in [1.807, 2.05) is 0 Å². The average Bonchev–Trinajstić information content (AvgIpc) is 2.80. The van der Waals surface area contributed by atoms with Crippen molar-refractivity contribution in [2.24, 2.45) is 5.73 Å². The summed E-state index contributed by atoms with van der Waals surface area (Å²) in [7, 11) is 0. The molecule has 0 atom stereocenters. The minimum atomic E-state index is -0.758. The van der Waals surface area contributed by atoms with Crippen LogP contribution < -0.4 is 10.6 Å². The van der Waals surface area contributed by atoms with Crippen molar-refractivity contribution in [2.45, 2.75) is 18.9 Å². The minimum Gasteiger partial charge on any atom is -0.367 e. The summed E-state index contributed by atoms with van der Waals surface area (Å²) in [5.41, 5.74) is 5.89. The van der Waals surface area contributed by atoms with E-state index in [9.17, 15) is 14.9 Å². The number of rotatable bonds is 3. The summed E-state index contributed by atoms with van der Waals surface area (Å²) in [4.78, 5) is 26.6. The van der Waals surface area contributed by atoms with Gasteiger partial charge in [-0.15, -0.1) is 0 Å². The molecule has 0 aliphatic carbocycles. The van der Waals surface area contributed by atoms with E-state index in [1.54, 1.807) is 12.1 Å². The first-order valence-corrected chi connectivity index (χ1v) is 7.13. The van der Waals surface area contributed by atoms with Crippen molar-refractivity contribution in [2.75, 3.05) is 31.1 Å². The van der Waals surface area contributed by atoms with Crippen molar-refractivity contribution in [3.8, 4) is 0 Å². The molecule has 4 rings (SSSR count). The Hall–Kier alpha value is -2.15. The van der Waals surface area contributed by atoms with E-state index in [4.69, 9.17) is 5.73 Å². The highest BCUT2D eigenvalue weighted by atomic mass is 16.6. The number of primary amides is 1. The number of nitro groups is 1. The van der Waals surface area contributed by atoms with E-state index >= 15 is 0 Å². The van der Waals surface area contributed by atoms with E-state index in [-0.39, 0.29) is 11.3 Å². The highest BCUT2D eigenvalue weighted by Gasteiger charge is 2.30. The van der Waals surface area contributed by atoms with Crippen molar-refractivity contribution in [1.82, 2.24) is 4.90 Å². The Bertz CT molecular complexity index is 582. The number of nitrogens with zero attached hydrogens (tertiary/aromatic N) is 3. The quantitative estimate of drug-likeness (QED) is 0.661. The molecule has 3 aliphatic rings. The Labute approximate surface area is 122 Å². The van der Waals surface area contributed by atoms with Gasteiger partial charge in [0.2, 0.25) is 0 Å². The summed E-state index contributed by atoms with van der Waals surface area (Å²) in [6, 6.07) is 5.10. The van der Waals surface area contributed by atoms with Gasteiger partial charge in [-0.1, -0.05) is 0 Å². The van der Waals surface area contributed by atoms with E-state index < -0.39 is 10.8 Å². The molecule has 7 heteroatoms. The first-order valence-electron chi connectivity index (χ1n) is 7.13. The molecule has 7 nitrogen and oxygen atoms in total. The summed E-state index contributed by atoms with van der Waals surface area (Å²) in [5.74, 6) is -0.758. The number of carbonyl (C=O) groups excluding carboxylic acids is 1. The Morgan fingerprint density at radius 1 is 1.24 bits per heavy atom. The second-order valence-electron chi connectivity index (χ2n) is 5.59. The lowest BCUT2D eigenvalue weighted by Crippen LogP contribution is -2.38. The molecule has 0 aromatic heterocycles. The van der Waals surface area contributed by atoms with Crippen LogP contribution in [0.2, 0.25) is 0 Å². The predicted molar refractivity (Wildman–Crippen MR) is 78.4 cm³/mol. The fraction of sp³-hybridized carbons (Fsp3) is 0.500. The molecule has 0 saturated carbocycles. The van der Waals surface area contributed by atoms with Crippen molar-refractivity contribution in [3.05, 3.63) is 33.9 Å². The molecule has 1 amide bonds. The maximum absolute atomic E-state index is 11.5. The van der Waals surface area contributed by atoms with Gasteiger partial charge in [-0.2, -0.15) is 0 Å². The lowest BCUT2D eigenvalue weighted by Gasteiger charge is -2.33. The van der Waals surface area contributed by atoms with Crippen LogP contribution in [-0.2, 0) is 0 Å². The molecule has 2 N–H and O–H groups in total. The number of fused-ring (bicyclic) bond motifs is 4. The number of nitro benzene ring substituents is 1. The maximum atomic E-state index is 11.5. The van der Waals surface area contributed by atoms with Crippen molar-refractivity contribution in [1.29, 1.82) is 0 Å². The van der Waals surface area contributed by atoms with E-state index in [0.29, 0.717) is 6.04 Å². The van der Waals surface area contributed by atoms with Crippen LogP contribution in [0.4, 0.5) is 11.4 Å². The second kappa shape index (κ2) is 5.33. The first kappa shape index (κ1) is 13.8. The van der Waals surface area contributed by atoms with Crippen molar-refractivity contribution in [3.63, 3.8) is 0 Å². The lowest BCUT2D eigenvalue weighted by molar-refractivity contribution is -0.385. The Kier molecular flexibility index (Phi) is 3.50. The Morgan fingerprint density at radius 3 is 2.57 bits per heavy atom. The van der Waals surface area contributed by atoms with Gasteiger partial charge in [-0.25, -0.2) is 0 Å². The number of piperidine rings is 1. The summed E-state index contributed by atoms with van der Waals surface area (Å²) >= 11 is 0. The smallest absolute Gasteiger partial charge is 0.282 e. The number of hydrogen-bond acceptors (Lipinski definition) is 5. The van der Waals surface area contributed by atoms with Crippen LogP contribution >= 0.6 is 0 Å². The van der Waals surface area contributed by atoms with Crippen LogP contribution in [0.15, 0.2) is 18.2 Å². The largest absolute Gasteiger partial charge is 0.367 e. The van der Waals surface area contributed by atoms with Crippen molar-refractivity contribution < 1.29 is 9.72 Å². The fourth-order valence-electron chi connectivity index (χ4n) is 3.29.